The topological polar surface area (TPSA) is 104 Å². The number of carbonyl (C=O) groups is 1. The van der Waals surface area contributed by atoms with Gasteiger partial charge in [0.05, 0.1) is 12.8 Å². The maximum absolute atomic E-state index is 11.7. The van der Waals surface area contributed by atoms with Crippen molar-refractivity contribution >= 4 is 21.6 Å². The van der Waals surface area contributed by atoms with E-state index in [4.69, 9.17) is 5.73 Å². The van der Waals surface area contributed by atoms with E-state index in [-0.39, 0.29) is 11.4 Å². The zero-order valence-electron chi connectivity index (χ0n) is 10.9. The molecule has 2 aromatic rings. The number of methoxy groups -OCH3 is 1. The van der Waals surface area contributed by atoms with Gasteiger partial charge in [0.15, 0.2) is 14.9 Å². The van der Waals surface area contributed by atoms with Crippen molar-refractivity contribution < 1.29 is 17.9 Å². The highest BCUT2D eigenvalue weighted by Gasteiger charge is 2.29. The Kier molecular flexibility index (Phi) is 3.49. The summed E-state index contributed by atoms with van der Waals surface area (Å²) < 4.78 is 29.2. The average molecular weight is 295 g/mol. The summed E-state index contributed by atoms with van der Waals surface area (Å²) in [6, 6.07) is 8.66. The number of ether oxygens (including phenoxy) is 1. The van der Waals surface area contributed by atoms with Crippen LogP contribution in [0.4, 0.5) is 5.82 Å². The fraction of sp³-hybridized carbons (Fsp3) is 0.167. The number of benzene rings is 1. The van der Waals surface area contributed by atoms with Gasteiger partial charge in [-0.15, -0.1) is 0 Å². The number of nitrogen functional groups attached to an aromatic ring is 1. The average Bonchev–Trinajstić information content (AvgIpc) is 2.76. The zero-order chi connectivity index (χ0) is 14.9. The number of rotatable bonds is 3. The molecule has 1 heterocycles. The van der Waals surface area contributed by atoms with E-state index in [0.717, 1.165) is 13.4 Å². The Morgan fingerprint density at radius 3 is 2.40 bits per heavy atom. The van der Waals surface area contributed by atoms with Crippen LogP contribution in [0, 0.1) is 0 Å². The van der Waals surface area contributed by atoms with Gasteiger partial charge >= 0.3 is 5.97 Å². The van der Waals surface area contributed by atoms with Crippen LogP contribution >= 0.6 is 0 Å². The van der Waals surface area contributed by atoms with E-state index in [1.807, 2.05) is 0 Å². The number of nitrogens with zero attached hydrogens (tertiary/aromatic N) is 2. The van der Waals surface area contributed by atoms with Crippen molar-refractivity contribution in [3.63, 3.8) is 0 Å². The van der Waals surface area contributed by atoms with Gasteiger partial charge in [-0.05, 0) is 12.1 Å². The summed E-state index contributed by atoms with van der Waals surface area (Å²) in [6.45, 7) is 0. The lowest BCUT2D eigenvalue weighted by Crippen LogP contribution is -2.10. The number of hydrogen-bond acceptors (Lipinski definition) is 6. The number of carbonyl (C=O) groups excluding carboxylic acids is 1. The normalized spacial score (nSPS) is 11.3. The molecule has 0 unspecified atom stereocenters. The Labute approximate surface area is 115 Å². The van der Waals surface area contributed by atoms with E-state index in [1.54, 1.807) is 30.3 Å². The minimum absolute atomic E-state index is 0.0801. The first-order valence-electron chi connectivity index (χ1n) is 5.58. The second kappa shape index (κ2) is 4.97. The largest absolute Gasteiger partial charge is 0.465 e. The molecular weight excluding hydrogens is 282 g/mol. The monoisotopic (exact) mass is 295 g/mol. The summed E-state index contributed by atoms with van der Waals surface area (Å²) in [4.78, 5) is 11.7. The molecule has 0 spiro atoms. The van der Waals surface area contributed by atoms with Gasteiger partial charge in [-0.25, -0.2) is 17.9 Å². The first-order valence-corrected chi connectivity index (χ1v) is 7.47. The Morgan fingerprint density at radius 2 is 1.90 bits per heavy atom. The van der Waals surface area contributed by atoms with Crippen molar-refractivity contribution in [3.8, 4) is 5.69 Å². The molecule has 2 rings (SSSR count). The van der Waals surface area contributed by atoms with Crippen molar-refractivity contribution in [3.05, 3.63) is 35.9 Å². The molecule has 8 heteroatoms. The number of para-hydroxylation sites is 1. The standard InChI is InChI=1S/C12H13N3O4S/c1-19-12(16)9-10(13)15(8-6-4-3-5-7-8)14-11(9)20(2,17)18/h3-7H,13H2,1-2H3. The molecule has 0 aliphatic heterocycles. The molecule has 0 bridgehead atoms. The third-order valence-electron chi connectivity index (χ3n) is 2.63. The highest BCUT2D eigenvalue weighted by atomic mass is 32.2. The third-order valence-corrected chi connectivity index (χ3v) is 3.62. The van der Waals surface area contributed by atoms with Crippen molar-refractivity contribution in [2.45, 2.75) is 5.03 Å². The number of anilines is 1. The summed E-state index contributed by atoms with van der Waals surface area (Å²) in [5.41, 5.74) is 6.14. The Balaban J connectivity index is 2.75. The molecule has 0 atom stereocenters. The van der Waals surface area contributed by atoms with Crippen LogP contribution in [0.15, 0.2) is 35.4 Å². The van der Waals surface area contributed by atoms with Crippen LogP contribution in [0.2, 0.25) is 0 Å². The molecule has 1 aromatic heterocycles. The van der Waals surface area contributed by atoms with Gasteiger partial charge in [-0.3, -0.25) is 0 Å². The molecule has 0 amide bonds. The fourth-order valence-electron chi connectivity index (χ4n) is 1.73. The second-order valence-corrected chi connectivity index (χ2v) is 6.01. The zero-order valence-corrected chi connectivity index (χ0v) is 11.7. The Hall–Kier alpha value is -2.35. The molecule has 0 radical (unpaired) electrons. The van der Waals surface area contributed by atoms with Gasteiger partial charge in [0, 0.05) is 6.26 Å². The first kappa shape index (κ1) is 14.1. The molecule has 0 fully saturated rings. The molecule has 0 aliphatic rings. The second-order valence-electron chi connectivity index (χ2n) is 4.08. The molecule has 106 valence electrons. The molecular formula is C12H13N3O4S. The van der Waals surface area contributed by atoms with Crippen LogP contribution in [0.5, 0.6) is 0 Å². The smallest absolute Gasteiger partial charge is 0.344 e. The SMILES string of the molecule is COC(=O)c1c(S(C)(=O)=O)nn(-c2ccccc2)c1N. The van der Waals surface area contributed by atoms with Gasteiger partial charge in [0.25, 0.3) is 0 Å². The highest BCUT2D eigenvalue weighted by molar-refractivity contribution is 7.90. The van der Waals surface area contributed by atoms with Crippen molar-refractivity contribution in [2.75, 3.05) is 19.1 Å². The summed E-state index contributed by atoms with van der Waals surface area (Å²) in [7, 11) is -2.56. The van der Waals surface area contributed by atoms with E-state index in [2.05, 4.69) is 9.84 Å². The van der Waals surface area contributed by atoms with Crippen LogP contribution in [0.3, 0.4) is 0 Å². The van der Waals surface area contributed by atoms with Gasteiger partial charge < -0.3 is 10.5 Å². The summed E-state index contributed by atoms with van der Waals surface area (Å²) >= 11 is 0. The number of aromatic nitrogens is 2. The first-order chi connectivity index (χ1) is 9.36. The van der Waals surface area contributed by atoms with E-state index < -0.39 is 20.8 Å². The lowest BCUT2D eigenvalue weighted by Gasteiger charge is -2.03. The fourth-order valence-corrected chi connectivity index (χ4v) is 2.52. The van der Waals surface area contributed by atoms with Gasteiger partial charge in [-0.1, -0.05) is 18.2 Å². The number of nitrogens with two attached hydrogens (primary N) is 1. The molecule has 7 nitrogen and oxygen atoms in total. The lowest BCUT2D eigenvalue weighted by molar-refractivity contribution is 0.0597. The predicted octanol–water partition coefficient (Wildman–Crippen LogP) is 0.645. The van der Waals surface area contributed by atoms with E-state index in [0.29, 0.717) is 5.69 Å². The highest BCUT2D eigenvalue weighted by Crippen LogP contribution is 2.25. The van der Waals surface area contributed by atoms with Gasteiger partial charge in [0.2, 0.25) is 0 Å². The molecule has 0 saturated heterocycles. The number of sulfone groups is 1. The molecule has 20 heavy (non-hydrogen) atoms. The maximum Gasteiger partial charge on any atom is 0.344 e. The molecule has 1 aromatic carbocycles. The summed E-state index contributed by atoms with van der Waals surface area (Å²) in [5.74, 6) is -0.923. The lowest BCUT2D eigenvalue weighted by atomic mass is 10.3. The van der Waals surface area contributed by atoms with Gasteiger partial charge in [0.1, 0.15) is 11.4 Å². The quantitative estimate of drug-likeness (QED) is 0.833. The summed E-state index contributed by atoms with van der Waals surface area (Å²) in [5, 5.41) is 3.53. The van der Waals surface area contributed by atoms with Crippen LogP contribution < -0.4 is 5.73 Å². The molecule has 0 saturated carbocycles. The van der Waals surface area contributed by atoms with E-state index in [1.165, 1.54) is 4.68 Å². The number of esters is 1. The third kappa shape index (κ3) is 2.37. The van der Waals surface area contributed by atoms with Crippen molar-refractivity contribution in [1.82, 2.24) is 9.78 Å². The summed E-state index contributed by atoms with van der Waals surface area (Å²) in [6.07, 6.45) is 0.955. The van der Waals surface area contributed by atoms with Crippen molar-refractivity contribution in [1.29, 1.82) is 0 Å². The minimum atomic E-state index is -3.71. The maximum atomic E-state index is 11.7. The van der Waals surface area contributed by atoms with E-state index in [9.17, 15) is 13.2 Å². The van der Waals surface area contributed by atoms with Crippen LogP contribution in [0.1, 0.15) is 10.4 Å². The van der Waals surface area contributed by atoms with Crippen LogP contribution in [-0.4, -0.2) is 37.5 Å². The van der Waals surface area contributed by atoms with Crippen LogP contribution in [-0.2, 0) is 14.6 Å². The van der Waals surface area contributed by atoms with Crippen LogP contribution in [0.25, 0.3) is 5.69 Å². The number of hydrogen-bond donors (Lipinski definition) is 1. The Morgan fingerprint density at radius 1 is 1.30 bits per heavy atom. The van der Waals surface area contributed by atoms with Crippen molar-refractivity contribution in [2.24, 2.45) is 0 Å². The predicted molar refractivity (Wildman–Crippen MR) is 72.4 cm³/mol. The molecule has 2 N–H and O–H groups in total. The minimum Gasteiger partial charge on any atom is -0.465 e. The Bertz CT molecular complexity index is 751. The van der Waals surface area contributed by atoms with E-state index >= 15 is 0 Å². The molecule has 0 aliphatic carbocycles. The van der Waals surface area contributed by atoms with Gasteiger partial charge in [-0.2, -0.15) is 5.10 Å².